The van der Waals surface area contributed by atoms with E-state index in [-0.39, 0.29) is 0 Å². The van der Waals surface area contributed by atoms with Crippen LogP contribution in [-0.2, 0) is 12.8 Å². The summed E-state index contributed by atoms with van der Waals surface area (Å²) in [6.07, 6.45) is 3.22. The van der Waals surface area contributed by atoms with Crippen molar-refractivity contribution >= 4 is 0 Å². The van der Waals surface area contributed by atoms with Crippen LogP contribution in [0.1, 0.15) is 70.6 Å². The molecule has 124 valence electrons. The lowest BCUT2D eigenvalue weighted by Crippen LogP contribution is -1.93. The number of benzene rings is 1. The Morgan fingerprint density at radius 2 is 1.29 bits per heavy atom. The molecule has 0 heterocycles. The Kier molecular flexibility index (Phi) is 15.0. The Balaban J connectivity index is 0. The molecule has 2 heteroatoms. The maximum atomic E-state index is 8.24. The molecule has 0 aliphatic rings. The number of rotatable bonds is 5. The average molecular weight is 296 g/mol. The normalized spacial score (nSPS) is 9.86. The van der Waals surface area contributed by atoms with Crippen LogP contribution in [0.3, 0.4) is 0 Å². The van der Waals surface area contributed by atoms with Crippen LogP contribution in [0, 0.1) is 5.92 Å². The van der Waals surface area contributed by atoms with E-state index in [0.717, 1.165) is 26.4 Å². The van der Waals surface area contributed by atoms with Gasteiger partial charge in [-0.25, -0.2) is 0 Å². The highest BCUT2D eigenvalue weighted by Crippen LogP contribution is 2.19. The number of aliphatic hydroxyl groups is 2. The summed E-state index contributed by atoms with van der Waals surface area (Å²) in [6.45, 7) is 13.5. The predicted molar refractivity (Wildman–Crippen MR) is 94.0 cm³/mol. The van der Waals surface area contributed by atoms with Crippen LogP contribution < -0.4 is 0 Å². The van der Waals surface area contributed by atoms with E-state index < -0.39 is 0 Å². The fourth-order valence-corrected chi connectivity index (χ4v) is 1.79. The molecule has 0 bridgehead atoms. The molecule has 0 saturated heterocycles. The van der Waals surface area contributed by atoms with Gasteiger partial charge in [-0.15, -0.1) is 0 Å². The average Bonchev–Trinajstić information content (AvgIpc) is 2.49. The fraction of sp³-hybridized carbons (Fsp3) is 0.684. The summed E-state index contributed by atoms with van der Waals surface area (Å²) in [5.74, 6) is 1.30. The van der Waals surface area contributed by atoms with E-state index in [1.807, 2.05) is 0 Å². The summed E-state index contributed by atoms with van der Waals surface area (Å²) < 4.78 is 0. The van der Waals surface area contributed by atoms with Gasteiger partial charge in [0.2, 0.25) is 0 Å². The SMILES string of the molecule is CC(C)CCO.CCc1cc(CC)cc(C(C)C)c1.CO. The van der Waals surface area contributed by atoms with Crippen molar-refractivity contribution < 1.29 is 10.2 Å². The van der Waals surface area contributed by atoms with Crippen LogP contribution >= 0.6 is 0 Å². The van der Waals surface area contributed by atoms with E-state index in [1.165, 1.54) is 16.7 Å². The van der Waals surface area contributed by atoms with Gasteiger partial charge in [-0.2, -0.15) is 0 Å². The molecule has 0 saturated carbocycles. The maximum absolute atomic E-state index is 8.24. The van der Waals surface area contributed by atoms with Gasteiger partial charge in [0.05, 0.1) is 0 Å². The maximum Gasteiger partial charge on any atom is 0.0433 e. The van der Waals surface area contributed by atoms with E-state index in [0.29, 0.717) is 18.4 Å². The molecule has 0 aliphatic heterocycles. The molecule has 0 atom stereocenters. The van der Waals surface area contributed by atoms with Crippen LogP contribution in [0.4, 0.5) is 0 Å². The minimum Gasteiger partial charge on any atom is -0.400 e. The molecular weight excluding hydrogens is 260 g/mol. The summed E-state index contributed by atoms with van der Waals surface area (Å²) in [4.78, 5) is 0. The molecule has 0 amide bonds. The van der Waals surface area contributed by atoms with Crippen molar-refractivity contribution in [3.05, 3.63) is 34.9 Å². The Labute approximate surface area is 132 Å². The summed E-state index contributed by atoms with van der Waals surface area (Å²) in [5, 5.41) is 15.2. The Bertz CT molecular complexity index is 321. The highest BCUT2D eigenvalue weighted by molar-refractivity contribution is 5.31. The Morgan fingerprint density at radius 3 is 1.48 bits per heavy atom. The molecule has 0 fully saturated rings. The zero-order chi connectivity index (χ0) is 16.8. The second-order valence-corrected chi connectivity index (χ2v) is 5.85. The lowest BCUT2D eigenvalue weighted by molar-refractivity contribution is 0.268. The van der Waals surface area contributed by atoms with E-state index in [1.54, 1.807) is 0 Å². The van der Waals surface area contributed by atoms with Gasteiger partial charge in [0.25, 0.3) is 0 Å². The Morgan fingerprint density at radius 1 is 0.857 bits per heavy atom. The summed E-state index contributed by atoms with van der Waals surface area (Å²) in [5.41, 5.74) is 4.43. The first-order chi connectivity index (χ1) is 9.94. The van der Waals surface area contributed by atoms with E-state index in [9.17, 15) is 0 Å². The third-order valence-corrected chi connectivity index (χ3v) is 3.26. The van der Waals surface area contributed by atoms with Gasteiger partial charge < -0.3 is 10.2 Å². The summed E-state index contributed by atoms with van der Waals surface area (Å²) in [7, 11) is 1.00. The highest BCUT2D eigenvalue weighted by Gasteiger charge is 2.02. The van der Waals surface area contributed by atoms with Crippen LogP contribution in [-0.4, -0.2) is 23.9 Å². The molecular formula is C19H36O2. The first kappa shape index (κ1) is 22.4. The largest absolute Gasteiger partial charge is 0.400 e. The molecule has 0 spiro atoms. The first-order valence-electron chi connectivity index (χ1n) is 8.12. The van der Waals surface area contributed by atoms with Crippen molar-refractivity contribution in [2.75, 3.05) is 13.7 Å². The molecule has 2 N–H and O–H groups in total. The quantitative estimate of drug-likeness (QED) is 0.835. The molecule has 1 rings (SSSR count). The fourth-order valence-electron chi connectivity index (χ4n) is 1.79. The molecule has 21 heavy (non-hydrogen) atoms. The van der Waals surface area contributed by atoms with Gasteiger partial charge in [-0.05, 0) is 47.8 Å². The summed E-state index contributed by atoms with van der Waals surface area (Å²) in [6, 6.07) is 7.00. The van der Waals surface area contributed by atoms with Crippen molar-refractivity contribution in [2.45, 2.75) is 66.7 Å². The zero-order valence-electron chi connectivity index (χ0n) is 15.1. The third kappa shape index (κ3) is 11.5. The number of hydrogen-bond acceptors (Lipinski definition) is 2. The van der Waals surface area contributed by atoms with Crippen molar-refractivity contribution in [3.63, 3.8) is 0 Å². The van der Waals surface area contributed by atoms with Crippen molar-refractivity contribution in [1.29, 1.82) is 0 Å². The monoisotopic (exact) mass is 296 g/mol. The van der Waals surface area contributed by atoms with E-state index in [4.69, 9.17) is 10.2 Å². The third-order valence-electron chi connectivity index (χ3n) is 3.26. The van der Waals surface area contributed by atoms with E-state index in [2.05, 4.69) is 59.7 Å². The smallest absolute Gasteiger partial charge is 0.0433 e. The molecule has 0 aliphatic carbocycles. The lowest BCUT2D eigenvalue weighted by Gasteiger charge is -2.10. The number of aryl methyl sites for hydroxylation is 2. The van der Waals surface area contributed by atoms with Crippen molar-refractivity contribution in [1.82, 2.24) is 0 Å². The van der Waals surface area contributed by atoms with Gasteiger partial charge in [-0.3, -0.25) is 0 Å². The van der Waals surface area contributed by atoms with Crippen LogP contribution in [0.25, 0.3) is 0 Å². The van der Waals surface area contributed by atoms with Gasteiger partial charge in [0, 0.05) is 13.7 Å². The molecule has 1 aromatic rings. The van der Waals surface area contributed by atoms with Crippen molar-refractivity contribution in [3.8, 4) is 0 Å². The summed E-state index contributed by atoms with van der Waals surface area (Å²) >= 11 is 0. The second kappa shape index (κ2) is 14.1. The van der Waals surface area contributed by atoms with Crippen LogP contribution in [0.2, 0.25) is 0 Å². The van der Waals surface area contributed by atoms with Gasteiger partial charge in [-0.1, -0.05) is 59.7 Å². The highest BCUT2D eigenvalue weighted by atomic mass is 16.3. The predicted octanol–water partition coefficient (Wildman–Crippen LogP) is 4.57. The Hall–Kier alpha value is -0.860. The molecule has 0 unspecified atom stereocenters. The lowest BCUT2D eigenvalue weighted by atomic mass is 9.96. The minimum atomic E-state index is 0.331. The van der Waals surface area contributed by atoms with Crippen molar-refractivity contribution in [2.24, 2.45) is 5.92 Å². The minimum absolute atomic E-state index is 0.331. The standard InChI is InChI=1S/C13H20.C5H12O.CH4O/c1-5-11-7-12(6-2)9-13(8-11)10(3)4;1-5(2)3-4-6;1-2/h7-10H,5-6H2,1-4H3;5-6H,3-4H2,1-2H3;2H,1H3. The number of aliphatic hydroxyl groups excluding tert-OH is 2. The van der Waals surface area contributed by atoms with Gasteiger partial charge in [0.1, 0.15) is 0 Å². The van der Waals surface area contributed by atoms with Gasteiger partial charge >= 0.3 is 0 Å². The zero-order valence-corrected chi connectivity index (χ0v) is 15.1. The second-order valence-electron chi connectivity index (χ2n) is 5.85. The molecule has 1 aromatic carbocycles. The molecule has 0 aromatic heterocycles. The van der Waals surface area contributed by atoms with Crippen LogP contribution in [0.5, 0.6) is 0 Å². The first-order valence-corrected chi connectivity index (χ1v) is 8.12. The molecule has 2 nitrogen and oxygen atoms in total. The number of hydrogen-bond donors (Lipinski definition) is 2. The molecule has 0 radical (unpaired) electrons. The van der Waals surface area contributed by atoms with Crippen LogP contribution in [0.15, 0.2) is 18.2 Å². The van der Waals surface area contributed by atoms with E-state index >= 15 is 0 Å². The van der Waals surface area contributed by atoms with Gasteiger partial charge in [0.15, 0.2) is 0 Å². The topological polar surface area (TPSA) is 40.5 Å².